The number of unbranched alkanes of at least 4 members (excludes halogenated alkanes) is 9. The van der Waals surface area contributed by atoms with Gasteiger partial charge in [0, 0.05) is 6.42 Å². The minimum atomic E-state index is -0.659. The first-order valence-electron chi connectivity index (χ1n) is 10.6. The number of allylic oxidation sites excluding steroid dienone is 2. The van der Waals surface area contributed by atoms with Crippen molar-refractivity contribution in [3.63, 3.8) is 0 Å². The van der Waals surface area contributed by atoms with E-state index in [1.165, 1.54) is 83.5 Å². The molecule has 0 saturated heterocycles. The highest BCUT2D eigenvalue weighted by Gasteiger charge is 2.04. The van der Waals surface area contributed by atoms with Crippen LogP contribution in [0.15, 0.2) is 11.1 Å². The summed E-state index contributed by atoms with van der Waals surface area (Å²) in [6, 6.07) is 0. The average molecular weight is 339 g/mol. The van der Waals surface area contributed by atoms with Crippen LogP contribution in [0.5, 0.6) is 0 Å². The lowest BCUT2D eigenvalue weighted by molar-refractivity contribution is -0.137. The Morgan fingerprint density at radius 1 is 0.583 bits per heavy atom. The van der Waals surface area contributed by atoms with Crippen LogP contribution in [-0.4, -0.2) is 11.1 Å². The van der Waals surface area contributed by atoms with E-state index < -0.39 is 5.97 Å². The van der Waals surface area contributed by atoms with Crippen molar-refractivity contribution >= 4 is 5.97 Å². The Hall–Kier alpha value is -0.790. The Kier molecular flexibility index (Phi) is 16.5. The van der Waals surface area contributed by atoms with Gasteiger partial charge in [-0.15, -0.1) is 0 Å². The molecular weight excluding hydrogens is 296 g/mol. The second kappa shape index (κ2) is 17.0. The zero-order valence-corrected chi connectivity index (χ0v) is 16.7. The molecule has 0 bridgehead atoms. The van der Waals surface area contributed by atoms with Crippen molar-refractivity contribution in [1.29, 1.82) is 0 Å². The maximum atomic E-state index is 10.5. The van der Waals surface area contributed by atoms with Crippen molar-refractivity contribution in [2.24, 2.45) is 0 Å². The third kappa shape index (κ3) is 13.6. The van der Waals surface area contributed by atoms with Gasteiger partial charge in [0.1, 0.15) is 0 Å². The van der Waals surface area contributed by atoms with Crippen LogP contribution in [0.25, 0.3) is 0 Å². The van der Waals surface area contributed by atoms with Crippen LogP contribution in [0.1, 0.15) is 124 Å². The molecule has 0 aromatic heterocycles. The largest absolute Gasteiger partial charge is 0.481 e. The number of hydrogen-bond acceptors (Lipinski definition) is 1. The second-order valence-corrected chi connectivity index (χ2v) is 7.09. The summed E-state index contributed by atoms with van der Waals surface area (Å²) in [4.78, 5) is 10.5. The molecule has 24 heavy (non-hydrogen) atoms. The lowest BCUT2D eigenvalue weighted by Gasteiger charge is -2.13. The van der Waals surface area contributed by atoms with Gasteiger partial charge < -0.3 is 5.11 Å². The molecule has 2 nitrogen and oxygen atoms in total. The highest BCUT2D eigenvalue weighted by atomic mass is 16.4. The Labute approximate surface area is 151 Å². The normalized spacial score (nSPS) is 12.3. The van der Waals surface area contributed by atoms with Crippen LogP contribution in [0, 0.1) is 0 Å². The molecule has 0 radical (unpaired) electrons. The molecule has 0 amide bonds. The summed E-state index contributed by atoms with van der Waals surface area (Å²) in [6.07, 6.45) is 19.2. The molecule has 0 aliphatic rings. The molecular formula is C22H42O2. The van der Waals surface area contributed by atoms with E-state index in [0.29, 0.717) is 6.42 Å². The fourth-order valence-corrected chi connectivity index (χ4v) is 3.47. The molecule has 0 aliphatic carbocycles. The number of carbonyl (C=O) groups is 1. The standard InChI is InChI=1S/C22H42O2/c1-4-7-8-9-11-14-17-20(5-2)21(6-3)18-15-12-10-13-16-19-22(23)24/h4-19H2,1-3H3,(H,23,24)/b21-20-. The summed E-state index contributed by atoms with van der Waals surface area (Å²) in [5.41, 5.74) is 3.43. The highest BCUT2D eigenvalue weighted by Crippen LogP contribution is 2.24. The maximum absolute atomic E-state index is 10.5. The van der Waals surface area contributed by atoms with Gasteiger partial charge in [-0.1, -0.05) is 83.3 Å². The topological polar surface area (TPSA) is 37.3 Å². The zero-order chi connectivity index (χ0) is 18.0. The summed E-state index contributed by atoms with van der Waals surface area (Å²) in [5, 5.41) is 8.63. The van der Waals surface area contributed by atoms with E-state index in [0.717, 1.165) is 12.8 Å². The molecule has 0 saturated carbocycles. The summed E-state index contributed by atoms with van der Waals surface area (Å²) in [6.45, 7) is 6.89. The molecule has 0 spiro atoms. The Morgan fingerprint density at radius 2 is 0.958 bits per heavy atom. The maximum Gasteiger partial charge on any atom is 0.303 e. The van der Waals surface area contributed by atoms with E-state index in [-0.39, 0.29) is 0 Å². The van der Waals surface area contributed by atoms with Gasteiger partial charge in [-0.05, 0) is 44.9 Å². The molecule has 1 N–H and O–H groups in total. The quantitative estimate of drug-likeness (QED) is 0.218. The molecule has 0 fully saturated rings. The molecule has 142 valence electrons. The zero-order valence-electron chi connectivity index (χ0n) is 16.7. The fraction of sp³-hybridized carbons (Fsp3) is 0.864. The highest BCUT2D eigenvalue weighted by molar-refractivity contribution is 5.66. The van der Waals surface area contributed by atoms with Gasteiger partial charge in [-0.3, -0.25) is 4.79 Å². The van der Waals surface area contributed by atoms with Gasteiger partial charge >= 0.3 is 5.97 Å². The predicted octanol–water partition coefficient (Wildman–Crippen LogP) is 7.67. The van der Waals surface area contributed by atoms with Gasteiger partial charge in [-0.2, -0.15) is 0 Å². The Balaban J connectivity index is 3.92. The van der Waals surface area contributed by atoms with Crippen molar-refractivity contribution < 1.29 is 9.90 Å². The number of carboxylic acids is 1. The van der Waals surface area contributed by atoms with Crippen LogP contribution in [0.2, 0.25) is 0 Å². The van der Waals surface area contributed by atoms with Crippen molar-refractivity contribution in [2.75, 3.05) is 0 Å². The van der Waals surface area contributed by atoms with Crippen molar-refractivity contribution in [2.45, 2.75) is 124 Å². The monoisotopic (exact) mass is 338 g/mol. The van der Waals surface area contributed by atoms with Crippen LogP contribution in [0.3, 0.4) is 0 Å². The first-order chi connectivity index (χ1) is 11.7. The smallest absolute Gasteiger partial charge is 0.303 e. The Morgan fingerprint density at radius 3 is 1.33 bits per heavy atom. The minimum Gasteiger partial charge on any atom is -0.481 e. The van der Waals surface area contributed by atoms with E-state index in [4.69, 9.17) is 5.11 Å². The Bertz CT molecular complexity index is 331. The van der Waals surface area contributed by atoms with Gasteiger partial charge in [0.05, 0.1) is 0 Å². The third-order valence-corrected chi connectivity index (χ3v) is 5.05. The van der Waals surface area contributed by atoms with E-state index in [2.05, 4.69) is 20.8 Å². The van der Waals surface area contributed by atoms with Crippen LogP contribution in [-0.2, 0) is 4.79 Å². The van der Waals surface area contributed by atoms with E-state index in [1.54, 1.807) is 11.1 Å². The molecule has 2 heteroatoms. The molecule has 0 aliphatic heterocycles. The number of hydrogen-bond donors (Lipinski definition) is 1. The van der Waals surface area contributed by atoms with Gasteiger partial charge in [-0.25, -0.2) is 0 Å². The van der Waals surface area contributed by atoms with Crippen molar-refractivity contribution in [1.82, 2.24) is 0 Å². The van der Waals surface area contributed by atoms with Crippen LogP contribution in [0.4, 0.5) is 0 Å². The summed E-state index contributed by atoms with van der Waals surface area (Å²) >= 11 is 0. The fourth-order valence-electron chi connectivity index (χ4n) is 3.47. The van der Waals surface area contributed by atoms with E-state index in [1.807, 2.05) is 0 Å². The number of aliphatic carboxylic acids is 1. The number of rotatable bonds is 17. The van der Waals surface area contributed by atoms with Crippen LogP contribution < -0.4 is 0 Å². The molecule has 0 unspecified atom stereocenters. The lowest BCUT2D eigenvalue weighted by Crippen LogP contribution is -1.94. The number of carboxylic acid groups (broad SMARTS) is 1. The summed E-state index contributed by atoms with van der Waals surface area (Å²) in [7, 11) is 0. The van der Waals surface area contributed by atoms with Gasteiger partial charge in [0.2, 0.25) is 0 Å². The predicted molar refractivity (Wildman–Crippen MR) is 106 cm³/mol. The molecule has 0 rings (SSSR count). The van der Waals surface area contributed by atoms with E-state index >= 15 is 0 Å². The van der Waals surface area contributed by atoms with Gasteiger partial charge in [0.25, 0.3) is 0 Å². The minimum absolute atomic E-state index is 0.332. The summed E-state index contributed by atoms with van der Waals surface area (Å²) < 4.78 is 0. The molecule has 0 aromatic carbocycles. The van der Waals surface area contributed by atoms with Crippen molar-refractivity contribution in [3.05, 3.63) is 11.1 Å². The molecule has 0 aromatic rings. The third-order valence-electron chi connectivity index (χ3n) is 5.05. The SMILES string of the molecule is CCCCCCCC/C(CC)=C(/CC)CCCCCCCC(=O)O. The molecule has 0 atom stereocenters. The van der Waals surface area contributed by atoms with Crippen molar-refractivity contribution in [3.8, 4) is 0 Å². The molecule has 0 heterocycles. The average Bonchev–Trinajstić information content (AvgIpc) is 2.57. The van der Waals surface area contributed by atoms with Gasteiger partial charge in [0.15, 0.2) is 0 Å². The first-order valence-corrected chi connectivity index (χ1v) is 10.6. The van der Waals surface area contributed by atoms with Crippen LogP contribution >= 0.6 is 0 Å². The summed E-state index contributed by atoms with van der Waals surface area (Å²) in [5.74, 6) is -0.659. The van der Waals surface area contributed by atoms with E-state index in [9.17, 15) is 4.79 Å². The second-order valence-electron chi connectivity index (χ2n) is 7.09. The first kappa shape index (κ1) is 23.2. The lowest BCUT2D eigenvalue weighted by atomic mass is 9.93.